The quantitative estimate of drug-likeness (QED) is 0.504. The summed E-state index contributed by atoms with van der Waals surface area (Å²) in [5, 5.41) is 6.22. The monoisotopic (exact) mass is 412 g/mol. The van der Waals surface area contributed by atoms with Crippen LogP contribution in [0.15, 0.2) is 77.6 Å². The number of carbonyl (C=O) groups excluding carboxylic acids is 1. The second-order valence-electron chi connectivity index (χ2n) is 7.51. The van der Waals surface area contributed by atoms with E-state index in [1.54, 1.807) is 10.5 Å². The van der Waals surface area contributed by atoms with E-state index in [1.165, 1.54) is 11.6 Å². The minimum absolute atomic E-state index is 0.121. The Morgan fingerprint density at radius 3 is 2.52 bits per heavy atom. The molecule has 0 saturated carbocycles. The van der Waals surface area contributed by atoms with Gasteiger partial charge in [-0.3, -0.25) is 14.0 Å². The van der Waals surface area contributed by atoms with Crippen molar-refractivity contribution in [2.75, 3.05) is 5.32 Å². The fourth-order valence-corrected chi connectivity index (χ4v) is 3.46. The summed E-state index contributed by atoms with van der Waals surface area (Å²) < 4.78 is 1.58. The van der Waals surface area contributed by atoms with Gasteiger partial charge >= 0.3 is 0 Å². The van der Waals surface area contributed by atoms with Crippen LogP contribution in [0.3, 0.4) is 0 Å². The average Bonchev–Trinajstić information content (AvgIpc) is 2.77. The first kappa shape index (κ1) is 20.3. The predicted molar refractivity (Wildman–Crippen MR) is 122 cm³/mol. The minimum Gasteiger partial charge on any atom is -0.379 e. The summed E-state index contributed by atoms with van der Waals surface area (Å²) >= 11 is 0. The highest BCUT2D eigenvalue weighted by Crippen LogP contribution is 2.16. The van der Waals surface area contributed by atoms with Gasteiger partial charge in [0, 0.05) is 24.0 Å². The molecule has 31 heavy (non-hydrogen) atoms. The average molecular weight is 412 g/mol. The van der Waals surface area contributed by atoms with Crippen LogP contribution in [0.1, 0.15) is 32.9 Å². The molecule has 0 bridgehead atoms. The molecule has 0 radical (unpaired) electrons. The van der Waals surface area contributed by atoms with E-state index in [1.807, 2.05) is 74.5 Å². The number of pyridine rings is 1. The topological polar surface area (TPSA) is 75.5 Å². The van der Waals surface area contributed by atoms with E-state index in [4.69, 9.17) is 0 Å². The second kappa shape index (κ2) is 8.83. The van der Waals surface area contributed by atoms with E-state index in [0.717, 1.165) is 11.3 Å². The fraction of sp³-hybridized carbons (Fsp3) is 0.160. The van der Waals surface area contributed by atoms with Crippen LogP contribution < -0.4 is 16.2 Å². The molecule has 2 heterocycles. The summed E-state index contributed by atoms with van der Waals surface area (Å²) in [7, 11) is 0. The lowest BCUT2D eigenvalue weighted by atomic mass is 10.1. The van der Waals surface area contributed by atoms with Crippen LogP contribution in [0.25, 0.3) is 5.65 Å². The number of aromatic nitrogens is 2. The van der Waals surface area contributed by atoms with E-state index in [9.17, 15) is 9.59 Å². The number of hydrogen-bond acceptors (Lipinski definition) is 4. The van der Waals surface area contributed by atoms with Crippen LogP contribution >= 0.6 is 0 Å². The molecule has 156 valence electrons. The third-order valence-electron chi connectivity index (χ3n) is 5.14. The number of carbonyl (C=O) groups is 1. The molecule has 6 nitrogen and oxygen atoms in total. The van der Waals surface area contributed by atoms with Gasteiger partial charge in [0.1, 0.15) is 5.65 Å². The molecule has 0 fully saturated rings. The number of benzene rings is 2. The van der Waals surface area contributed by atoms with Crippen molar-refractivity contribution in [1.29, 1.82) is 0 Å². The first-order valence-electron chi connectivity index (χ1n) is 10.2. The van der Waals surface area contributed by atoms with E-state index < -0.39 is 0 Å². The molecule has 4 aromatic rings. The fourth-order valence-electron chi connectivity index (χ4n) is 3.46. The van der Waals surface area contributed by atoms with Crippen molar-refractivity contribution >= 4 is 17.2 Å². The van der Waals surface area contributed by atoms with Gasteiger partial charge in [-0.1, -0.05) is 48.0 Å². The molecule has 0 atom stereocenters. The number of amides is 1. The Kier molecular flexibility index (Phi) is 5.80. The van der Waals surface area contributed by atoms with Gasteiger partial charge < -0.3 is 10.6 Å². The lowest BCUT2D eigenvalue weighted by Crippen LogP contribution is -2.24. The maximum absolute atomic E-state index is 12.8. The van der Waals surface area contributed by atoms with E-state index in [0.29, 0.717) is 35.7 Å². The van der Waals surface area contributed by atoms with Crippen molar-refractivity contribution in [2.24, 2.45) is 0 Å². The number of nitrogens with zero attached hydrogens (tertiary/aromatic N) is 2. The van der Waals surface area contributed by atoms with Gasteiger partial charge in [0.2, 0.25) is 0 Å². The predicted octanol–water partition coefficient (Wildman–Crippen LogP) is 3.85. The van der Waals surface area contributed by atoms with Gasteiger partial charge in [-0.15, -0.1) is 0 Å². The smallest absolute Gasteiger partial charge is 0.258 e. The summed E-state index contributed by atoms with van der Waals surface area (Å²) in [5.41, 5.74) is 5.40. The molecular formula is C25H24N4O2. The number of para-hydroxylation sites is 1. The van der Waals surface area contributed by atoms with Crippen molar-refractivity contribution in [3.63, 3.8) is 0 Å². The van der Waals surface area contributed by atoms with Crippen molar-refractivity contribution in [2.45, 2.75) is 26.9 Å². The van der Waals surface area contributed by atoms with E-state index >= 15 is 0 Å². The Morgan fingerprint density at radius 1 is 0.935 bits per heavy atom. The zero-order valence-corrected chi connectivity index (χ0v) is 17.6. The molecule has 1 amide bonds. The van der Waals surface area contributed by atoms with Crippen LogP contribution in [-0.4, -0.2) is 15.3 Å². The number of rotatable bonds is 6. The Bertz CT molecular complexity index is 1290. The Balaban J connectivity index is 1.48. The summed E-state index contributed by atoms with van der Waals surface area (Å²) in [6.07, 6.45) is 0. The first-order chi connectivity index (χ1) is 15.0. The molecular weight excluding hydrogens is 388 g/mol. The van der Waals surface area contributed by atoms with Gasteiger partial charge in [-0.05, 0) is 43.7 Å². The highest BCUT2D eigenvalue weighted by molar-refractivity contribution is 5.99. The minimum atomic E-state index is -0.161. The largest absolute Gasteiger partial charge is 0.379 e. The van der Waals surface area contributed by atoms with E-state index in [-0.39, 0.29) is 11.5 Å². The van der Waals surface area contributed by atoms with Crippen molar-refractivity contribution in [3.05, 3.63) is 111 Å². The van der Waals surface area contributed by atoms with Crippen molar-refractivity contribution in [1.82, 2.24) is 14.7 Å². The molecule has 2 aromatic heterocycles. The summed E-state index contributed by atoms with van der Waals surface area (Å²) in [6, 6.07) is 22.5. The molecule has 0 unspecified atom stereocenters. The molecule has 0 aliphatic rings. The highest BCUT2D eigenvalue weighted by atomic mass is 16.1. The zero-order chi connectivity index (χ0) is 21.8. The van der Waals surface area contributed by atoms with Crippen molar-refractivity contribution < 1.29 is 4.79 Å². The Labute approximate surface area is 180 Å². The van der Waals surface area contributed by atoms with Gasteiger partial charge in [-0.25, -0.2) is 4.98 Å². The summed E-state index contributed by atoms with van der Waals surface area (Å²) in [4.78, 5) is 29.8. The van der Waals surface area contributed by atoms with Gasteiger partial charge in [0.25, 0.3) is 11.5 Å². The lowest BCUT2D eigenvalue weighted by Gasteiger charge is -2.13. The molecule has 0 spiro atoms. The summed E-state index contributed by atoms with van der Waals surface area (Å²) in [6.45, 7) is 4.70. The lowest BCUT2D eigenvalue weighted by molar-refractivity contribution is 0.0951. The molecule has 2 aromatic carbocycles. The molecule has 4 rings (SSSR count). The number of hydrogen-bond donors (Lipinski definition) is 2. The van der Waals surface area contributed by atoms with E-state index in [2.05, 4.69) is 15.6 Å². The van der Waals surface area contributed by atoms with Crippen LogP contribution in [0.5, 0.6) is 0 Å². The number of aryl methyl sites for hydroxylation is 2. The zero-order valence-electron chi connectivity index (χ0n) is 17.6. The standard InChI is InChI=1S/C25H24N4O2/c1-17-10-12-19(13-11-17)15-27-25(31)21-7-3-4-8-22(21)26-16-20-14-24(30)29-18(2)6-5-9-23(29)28-20/h3-14,26H,15-16H2,1-2H3,(H,27,31). The Hall–Kier alpha value is -3.93. The molecule has 0 saturated heterocycles. The maximum Gasteiger partial charge on any atom is 0.258 e. The molecule has 0 aliphatic carbocycles. The molecule has 2 N–H and O–H groups in total. The van der Waals surface area contributed by atoms with Crippen LogP contribution in [0.4, 0.5) is 5.69 Å². The Morgan fingerprint density at radius 2 is 1.71 bits per heavy atom. The normalized spacial score (nSPS) is 10.8. The first-order valence-corrected chi connectivity index (χ1v) is 10.2. The van der Waals surface area contributed by atoms with Crippen molar-refractivity contribution in [3.8, 4) is 0 Å². The van der Waals surface area contributed by atoms with Gasteiger partial charge in [0.15, 0.2) is 0 Å². The number of anilines is 1. The SMILES string of the molecule is Cc1ccc(CNC(=O)c2ccccc2NCc2cc(=O)n3c(C)cccc3n2)cc1. The number of nitrogens with one attached hydrogen (secondary N) is 2. The molecule has 0 aliphatic heterocycles. The second-order valence-corrected chi connectivity index (χ2v) is 7.51. The van der Waals surface area contributed by atoms with Crippen LogP contribution in [-0.2, 0) is 13.1 Å². The van der Waals surface area contributed by atoms with Crippen LogP contribution in [0, 0.1) is 13.8 Å². The van der Waals surface area contributed by atoms with Gasteiger partial charge in [-0.2, -0.15) is 0 Å². The maximum atomic E-state index is 12.8. The molecule has 6 heteroatoms. The summed E-state index contributed by atoms with van der Waals surface area (Å²) in [5.74, 6) is -0.161. The van der Waals surface area contributed by atoms with Gasteiger partial charge in [0.05, 0.1) is 17.8 Å². The van der Waals surface area contributed by atoms with Crippen LogP contribution in [0.2, 0.25) is 0 Å². The third-order valence-corrected chi connectivity index (χ3v) is 5.14. The highest BCUT2D eigenvalue weighted by Gasteiger charge is 2.11. The number of fused-ring (bicyclic) bond motifs is 1. The third kappa shape index (κ3) is 4.64.